The highest BCUT2D eigenvalue weighted by Crippen LogP contribution is 2.25. The number of hydrogen-bond donors (Lipinski definition) is 2. The van der Waals surface area contributed by atoms with Crippen LogP contribution in [-0.2, 0) is 0 Å². The number of benzene rings is 1. The van der Waals surface area contributed by atoms with Crippen molar-refractivity contribution in [2.75, 3.05) is 0 Å². The Labute approximate surface area is 97.7 Å². The van der Waals surface area contributed by atoms with E-state index in [-0.39, 0.29) is 10.6 Å². The van der Waals surface area contributed by atoms with E-state index >= 15 is 0 Å². The summed E-state index contributed by atoms with van der Waals surface area (Å²) in [6, 6.07) is 1.40. The molecule has 0 aliphatic rings. The maximum absolute atomic E-state index is 13.5. The second-order valence-electron chi connectivity index (χ2n) is 3.14. The first-order valence-electron chi connectivity index (χ1n) is 4.60. The minimum absolute atomic E-state index is 0.118. The van der Waals surface area contributed by atoms with Crippen molar-refractivity contribution in [3.8, 4) is 11.8 Å². The Morgan fingerprint density at radius 2 is 2.12 bits per heavy atom. The Morgan fingerprint density at radius 3 is 2.69 bits per heavy atom. The van der Waals surface area contributed by atoms with Crippen LogP contribution in [0.3, 0.4) is 0 Å². The predicted octanol–water partition coefficient (Wildman–Crippen LogP) is 2.54. The molecular formula is C11H11ClF2N2. The number of nitrogens with two attached hydrogens (primary N) is 1. The molecule has 2 nitrogen and oxygen atoms in total. The molecule has 3 N–H and O–H groups in total. The molecule has 0 aliphatic heterocycles. The molecule has 86 valence electrons. The maximum atomic E-state index is 13.5. The first-order valence-corrected chi connectivity index (χ1v) is 4.98. The van der Waals surface area contributed by atoms with Gasteiger partial charge in [0.2, 0.25) is 0 Å². The highest BCUT2D eigenvalue weighted by molar-refractivity contribution is 6.30. The molecule has 1 atom stereocenters. The molecular weight excluding hydrogens is 234 g/mol. The molecule has 1 unspecified atom stereocenters. The van der Waals surface area contributed by atoms with Crippen LogP contribution in [-0.4, -0.2) is 0 Å². The lowest BCUT2D eigenvalue weighted by Gasteiger charge is -2.14. The quantitative estimate of drug-likeness (QED) is 0.371. The Kier molecular flexibility index (Phi) is 4.69. The van der Waals surface area contributed by atoms with Crippen LogP contribution in [0.15, 0.2) is 12.1 Å². The summed E-state index contributed by atoms with van der Waals surface area (Å²) in [5, 5.41) is -0.251. The van der Waals surface area contributed by atoms with Gasteiger partial charge in [-0.05, 0) is 19.1 Å². The van der Waals surface area contributed by atoms with Crippen molar-refractivity contribution in [3.63, 3.8) is 0 Å². The van der Waals surface area contributed by atoms with Crippen LogP contribution in [0.2, 0.25) is 5.02 Å². The third-order valence-electron chi connectivity index (χ3n) is 2.10. The highest BCUT2D eigenvalue weighted by Gasteiger charge is 2.16. The van der Waals surface area contributed by atoms with Gasteiger partial charge in [-0.25, -0.2) is 8.78 Å². The number of nitrogens with one attached hydrogen (secondary N) is 1. The van der Waals surface area contributed by atoms with Gasteiger partial charge >= 0.3 is 0 Å². The van der Waals surface area contributed by atoms with Crippen LogP contribution < -0.4 is 11.3 Å². The van der Waals surface area contributed by atoms with Crippen LogP contribution in [0.25, 0.3) is 0 Å². The molecule has 0 saturated carbocycles. The Morgan fingerprint density at radius 1 is 1.44 bits per heavy atom. The van der Waals surface area contributed by atoms with Crippen molar-refractivity contribution < 1.29 is 8.78 Å². The van der Waals surface area contributed by atoms with Gasteiger partial charge < -0.3 is 0 Å². The summed E-state index contributed by atoms with van der Waals surface area (Å²) in [4.78, 5) is 0. The molecule has 5 heteroatoms. The molecule has 1 aromatic carbocycles. The van der Waals surface area contributed by atoms with Gasteiger partial charge in [0, 0.05) is 12.0 Å². The Balaban J connectivity index is 3.07. The minimum atomic E-state index is -0.678. The lowest BCUT2D eigenvalue weighted by atomic mass is 10.0. The summed E-state index contributed by atoms with van der Waals surface area (Å²) in [7, 11) is 0. The predicted molar refractivity (Wildman–Crippen MR) is 59.5 cm³/mol. The molecule has 16 heavy (non-hydrogen) atoms. The Bertz CT molecular complexity index is 438. The van der Waals surface area contributed by atoms with Crippen LogP contribution >= 0.6 is 11.6 Å². The molecule has 1 aromatic rings. The number of hydrazine groups is 1. The van der Waals surface area contributed by atoms with E-state index in [0.717, 1.165) is 12.1 Å². The fourth-order valence-corrected chi connectivity index (χ4v) is 1.42. The van der Waals surface area contributed by atoms with E-state index < -0.39 is 17.7 Å². The van der Waals surface area contributed by atoms with Gasteiger partial charge in [-0.3, -0.25) is 11.3 Å². The lowest BCUT2D eigenvalue weighted by Crippen LogP contribution is -2.28. The van der Waals surface area contributed by atoms with Gasteiger partial charge in [0.25, 0.3) is 0 Å². The van der Waals surface area contributed by atoms with Gasteiger partial charge in [-0.2, -0.15) is 0 Å². The van der Waals surface area contributed by atoms with Gasteiger partial charge in [0.15, 0.2) is 0 Å². The SMILES string of the molecule is CC#CCC(NN)c1cc(F)c(Cl)cc1F. The smallest absolute Gasteiger partial charge is 0.142 e. The fraction of sp³-hybridized carbons (Fsp3) is 0.273. The summed E-state index contributed by atoms with van der Waals surface area (Å²) in [5.74, 6) is 9.38. The third-order valence-corrected chi connectivity index (χ3v) is 2.39. The summed E-state index contributed by atoms with van der Waals surface area (Å²) in [6.07, 6.45) is 0.297. The van der Waals surface area contributed by atoms with Crippen molar-refractivity contribution in [2.24, 2.45) is 5.84 Å². The van der Waals surface area contributed by atoms with Gasteiger partial charge in [0.1, 0.15) is 11.6 Å². The average Bonchev–Trinajstić information content (AvgIpc) is 2.26. The second-order valence-corrected chi connectivity index (χ2v) is 3.55. The van der Waals surface area contributed by atoms with Crippen molar-refractivity contribution in [1.82, 2.24) is 5.43 Å². The van der Waals surface area contributed by atoms with Crippen molar-refractivity contribution >= 4 is 11.6 Å². The lowest BCUT2D eigenvalue weighted by molar-refractivity contribution is 0.512. The summed E-state index contributed by atoms with van der Waals surface area (Å²) in [6.45, 7) is 1.66. The van der Waals surface area contributed by atoms with E-state index in [4.69, 9.17) is 17.4 Å². The van der Waals surface area contributed by atoms with Crippen LogP contribution in [0.5, 0.6) is 0 Å². The van der Waals surface area contributed by atoms with Gasteiger partial charge in [-0.1, -0.05) is 11.6 Å². The van der Waals surface area contributed by atoms with Gasteiger partial charge in [-0.15, -0.1) is 11.8 Å². The third kappa shape index (κ3) is 2.92. The first-order chi connectivity index (χ1) is 7.60. The summed E-state index contributed by atoms with van der Waals surface area (Å²) >= 11 is 5.44. The number of halogens is 3. The average molecular weight is 245 g/mol. The summed E-state index contributed by atoms with van der Waals surface area (Å²) < 4.78 is 26.7. The van der Waals surface area contributed by atoms with E-state index in [2.05, 4.69) is 17.3 Å². The molecule has 0 saturated heterocycles. The molecule has 0 heterocycles. The number of rotatable bonds is 3. The normalized spacial score (nSPS) is 11.8. The topological polar surface area (TPSA) is 38.0 Å². The van der Waals surface area contributed by atoms with Crippen molar-refractivity contribution in [2.45, 2.75) is 19.4 Å². The molecule has 0 fully saturated rings. The fourth-order valence-electron chi connectivity index (χ4n) is 1.27. The van der Waals surface area contributed by atoms with Crippen LogP contribution in [0, 0.1) is 23.5 Å². The molecule has 0 spiro atoms. The van der Waals surface area contributed by atoms with E-state index in [0.29, 0.717) is 6.42 Å². The Hall–Kier alpha value is -1.15. The molecule has 0 amide bonds. The summed E-state index contributed by atoms with van der Waals surface area (Å²) in [5.41, 5.74) is 2.51. The molecule has 0 bridgehead atoms. The zero-order chi connectivity index (χ0) is 12.1. The van der Waals surface area contributed by atoms with Crippen LogP contribution in [0.4, 0.5) is 8.78 Å². The van der Waals surface area contributed by atoms with Crippen molar-refractivity contribution in [1.29, 1.82) is 0 Å². The van der Waals surface area contributed by atoms with E-state index in [9.17, 15) is 8.78 Å². The zero-order valence-electron chi connectivity index (χ0n) is 8.65. The van der Waals surface area contributed by atoms with Gasteiger partial charge in [0.05, 0.1) is 11.1 Å². The zero-order valence-corrected chi connectivity index (χ0v) is 9.41. The molecule has 0 radical (unpaired) electrons. The van der Waals surface area contributed by atoms with Crippen molar-refractivity contribution in [3.05, 3.63) is 34.4 Å². The second kappa shape index (κ2) is 5.80. The van der Waals surface area contributed by atoms with E-state index in [1.165, 1.54) is 0 Å². The minimum Gasteiger partial charge on any atom is -0.271 e. The largest absolute Gasteiger partial charge is 0.271 e. The van der Waals surface area contributed by atoms with Crippen LogP contribution in [0.1, 0.15) is 24.9 Å². The standard InChI is InChI=1S/C11H11ClF2N2/c1-2-3-4-11(16-15)7-5-10(14)8(12)6-9(7)13/h5-6,11,16H,4,15H2,1H3. The van der Waals surface area contributed by atoms with E-state index in [1.807, 2.05) is 0 Å². The monoisotopic (exact) mass is 244 g/mol. The maximum Gasteiger partial charge on any atom is 0.142 e. The molecule has 0 aliphatic carbocycles. The number of hydrogen-bond acceptors (Lipinski definition) is 2. The molecule has 0 aromatic heterocycles. The molecule has 1 rings (SSSR count). The highest BCUT2D eigenvalue weighted by atomic mass is 35.5. The van der Waals surface area contributed by atoms with E-state index in [1.54, 1.807) is 6.92 Å². The first kappa shape index (κ1) is 12.9.